The highest BCUT2D eigenvalue weighted by Gasteiger charge is 2.16. The highest BCUT2D eigenvalue weighted by Crippen LogP contribution is 2.42. The molecule has 0 atom stereocenters. The minimum absolute atomic E-state index is 1.14. The molecule has 1 heterocycles. The number of rotatable bonds is 5. The molecule has 0 saturated heterocycles. The molecule has 1 nitrogen and oxygen atoms in total. The Morgan fingerprint density at radius 2 is 0.700 bits per heavy atom. The quantitative estimate of drug-likeness (QED) is 0.179. The van der Waals surface area contributed by atoms with Gasteiger partial charge in [-0.25, -0.2) is 0 Å². The molecule has 0 amide bonds. The number of hydrogen-bond donors (Lipinski definition) is 0. The van der Waals surface area contributed by atoms with Crippen LogP contribution in [0.1, 0.15) is 0 Å². The maximum Gasteiger partial charge on any atom is 0.0476 e. The first-order valence-corrected chi connectivity index (χ1v) is 17.9. The zero-order valence-electron chi connectivity index (χ0n) is 27.3. The Balaban J connectivity index is 1.03. The largest absolute Gasteiger partial charge is 0.310 e. The molecular formula is C48H31NS. The van der Waals surface area contributed by atoms with Crippen LogP contribution in [-0.2, 0) is 0 Å². The fraction of sp³-hybridized carbons (Fsp3) is 0. The summed E-state index contributed by atoms with van der Waals surface area (Å²) < 4.78 is 2.62. The Morgan fingerprint density at radius 1 is 0.280 bits per heavy atom. The van der Waals surface area contributed by atoms with Crippen molar-refractivity contribution in [3.8, 4) is 22.3 Å². The van der Waals surface area contributed by atoms with E-state index >= 15 is 0 Å². The molecule has 0 saturated carbocycles. The average Bonchev–Trinajstić information content (AvgIpc) is 3.55. The van der Waals surface area contributed by atoms with Gasteiger partial charge < -0.3 is 4.90 Å². The molecule has 0 fully saturated rings. The molecule has 9 aromatic carbocycles. The van der Waals surface area contributed by atoms with Gasteiger partial charge in [0.15, 0.2) is 0 Å². The van der Waals surface area contributed by atoms with Crippen molar-refractivity contribution in [1.29, 1.82) is 0 Å². The fourth-order valence-electron chi connectivity index (χ4n) is 7.39. The lowest BCUT2D eigenvalue weighted by Crippen LogP contribution is -2.09. The van der Waals surface area contributed by atoms with Crippen LogP contribution in [0.25, 0.3) is 74.7 Å². The number of fused-ring (bicyclic) bond motifs is 6. The van der Waals surface area contributed by atoms with Gasteiger partial charge >= 0.3 is 0 Å². The molecule has 234 valence electrons. The summed E-state index contributed by atoms with van der Waals surface area (Å²) in [6.07, 6.45) is 0. The van der Waals surface area contributed by atoms with Crippen molar-refractivity contribution in [1.82, 2.24) is 0 Å². The van der Waals surface area contributed by atoms with Gasteiger partial charge in [0.1, 0.15) is 0 Å². The third-order valence-electron chi connectivity index (χ3n) is 9.99. The number of anilines is 3. The van der Waals surface area contributed by atoms with Crippen molar-refractivity contribution in [3.63, 3.8) is 0 Å². The lowest BCUT2D eigenvalue weighted by atomic mass is 9.97. The first-order valence-electron chi connectivity index (χ1n) is 17.1. The van der Waals surface area contributed by atoms with E-state index in [9.17, 15) is 0 Å². The molecule has 0 aliphatic rings. The normalized spacial score (nSPS) is 11.6. The van der Waals surface area contributed by atoms with E-state index in [1.807, 2.05) is 11.3 Å². The standard InChI is InChI=1S/C48H31NS/c1-3-9-36-27-38(18-17-32(36)7-1)34-13-15-35(16-14-34)39-19-20-41-30-43(24-22-40(41)28-39)49(42-23-21-33-8-2-4-10-37(33)29-42)44-25-26-46-45-11-5-6-12-47(45)50-48(46)31-44/h1-31H. The first kappa shape index (κ1) is 28.8. The highest BCUT2D eigenvalue weighted by atomic mass is 32.1. The van der Waals surface area contributed by atoms with Crippen molar-refractivity contribution >= 4 is 80.9 Å². The number of thiophene rings is 1. The number of benzene rings is 9. The minimum Gasteiger partial charge on any atom is -0.310 e. The second-order valence-electron chi connectivity index (χ2n) is 13.0. The van der Waals surface area contributed by atoms with E-state index in [2.05, 4.69) is 193 Å². The summed E-state index contributed by atoms with van der Waals surface area (Å²) in [6, 6.07) is 68.9. The van der Waals surface area contributed by atoms with Crippen LogP contribution in [0.3, 0.4) is 0 Å². The minimum atomic E-state index is 1.14. The van der Waals surface area contributed by atoms with Crippen molar-refractivity contribution in [2.75, 3.05) is 4.90 Å². The lowest BCUT2D eigenvalue weighted by molar-refractivity contribution is 1.30. The van der Waals surface area contributed by atoms with Gasteiger partial charge in [-0.3, -0.25) is 0 Å². The van der Waals surface area contributed by atoms with Crippen molar-refractivity contribution in [2.45, 2.75) is 0 Å². The smallest absolute Gasteiger partial charge is 0.0476 e. The predicted octanol–water partition coefficient (Wildman–Crippen LogP) is 14.3. The van der Waals surface area contributed by atoms with Crippen molar-refractivity contribution < 1.29 is 0 Å². The maximum absolute atomic E-state index is 2.40. The van der Waals surface area contributed by atoms with Crippen LogP contribution in [0.4, 0.5) is 17.1 Å². The first-order chi connectivity index (χ1) is 24.7. The summed E-state index contributed by atoms with van der Waals surface area (Å²) >= 11 is 1.86. The van der Waals surface area contributed by atoms with Crippen LogP contribution in [0, 0.1) is 0 Å². The molecule has 0 aliphatic heterocycles. The summed E-state index contributed by atoms with van der Waals surface area (Å²) in [5, 5.41) is 10.1. The van der Waals surface area contributed by atoms with Gasteiger partial charge in [-0.2, -0.15) is 0 Å². The zero-order valence-corrected chi connectivity index (χ0v) is 28.1. The van der Waals surface area contributed by atoms with Crippen molar-refractivity contribution in [2.24, 2.45) is 0 Å². The SMILES string of the molecule is c1ccc2cc(-c3ccc(-c4ccc5cc(N(c6ccc7ccccc7c6)c6ccc7c(c6)sc6ccccc67)ccc5c4)cc3)ccc2c1. The Kier molecular flexibility index (Phi) is 6.75. The maximum atomic E-state index is 2.40. The second kappa shape index (κ2) is 11.7. The van der Waals surface area contributed by atoms with E-state index in [1.165, 1.54) is 74.7 Å². The Labute approximate surface area is 294 Å². The Morgan fingerprint density at radius 3 is 1.38 bits per heavy atom. The van der Waals surface area contributed by atoms with Crippen molar-refractivity contribution in [3.05, 3.63) is 188 Å². The molecule has 0 unspecified atom stereocenters. The lowest BCUT2D eigenvalue weighted by Gasteiger charge is -2.26. The van der Waals surface area contributed by atoms with E-state index in [0.29, 0.717) is 0 Å². The predicted molar refractivity (Wildman–Crippen MR) is 217 cm³/mol. The molecular weight excluding hydrogens is 623 g/mol. The number of nitrogens with zero attached hydrogens (tertiary/aromatic N) is 1. The molecule has 2 heteroatoms. The van der Waals surface area contributed by atoms with Gasteiger partial charge in [0.2, 0.25) is 0 Å². The van der Waals surface area contributed by atoms with Gasteiger partial charge in [-0.05, 0) is 109 Å². The van der Waals surface area contributed by atoms with E-state index < -0.39 is 0 Å². The molecule has 0 bridgehead atoms. The van der Waals surface area contributed by atoms with Gasteiger partial charge in [0.05, 0.1) is 0 Å². The Hall–Kier alpha value is -6.22. The van der Waals surface area contributed by atoms with Crippen LogP contribution in [-0.4, -0.2) is 0 Å². The van der Waals surface area contributed by atoms with Crippen LogP contribution >= 0.6 is 11.3 Å². The van der Waals surface area contributed by atoms with E-state index in [-0.39, 0.29) is 0 Å². The molecule has 0 aliphatic carbocycles. The fourth-order valence-corrected chi connectivity index (χ4v) is 8.53. The molecule has 0 radical (unpaired) electrons. The molecule has 0 spiro atoms. The summed E-state index contributed by atoms with van der Waals surface area (Å²) in [5.41, 5.74) is 8.34. The van der Waals surface area contributed by atoms with Gasteiger partial charge in [-0.15, -0.1) is 11.3 Å². The summed E-state index contributed by atoms with van der Waals surface area (Å²) in [7, 11) is 0. The number of hydrogen-bond acceptors (Lipinski definition) is 2. The molecule has 10 aromatic rings. The zero-order chi connectivity index (χ0) is 33.0. The van der Waals surface area contributed by atoms with Crippen LogP contribution in [0.15, 0.2) is 188 Å². The monoisotopic (exact) mass is 653 g/mol. The summed E-state index contributed by atoms with van der Waals surface area (Å²) in [6.45, 7) is 0. The average molecular weight is 654 g/mol. The van der Waals surface area contributed by atoms with Crippen LogP contribution in [0.2, 0.25) is 0 Å². The van der Waals surface area contributed by atoms with E-state index in [0.717, 1.165) is 17.1 Å². The van der Waals surface area contributed by atoms with E-state index in [1.54, 1.807) is 0 Å². The van der Waals surface area contributed by atoms with Gasteiger partial charge in [0.25, 0.3) is 0 Å². The molecule has 0 N–H and O–H groups in total. The summed E-state index contributed by atoms with van der Waals surface area (Å²) in [4.78, 5) is 2.40. The third-order valence-corrected chi connectivity index (χ3v) is 11.1. The van der Waals surface area contributed by atoms with Crippen LogP contribution < -0.4 is 4.90 Å². The molecule has 50 heavy (non-hydrogen) atoms. The Bertz CT molecular complexity index is 2880. The highest BCUT2D eigenvalue weighted by molar-refractivity contribution is 7.25. The molecule has 10 rings (SSSR count). The van der Waals surface area contributed by atoms with E-state index in [4.69, 9.17) is 0 Å². The van der Waals surface area contributed by atoms with Crippen LogP contribution in [0.5, 0.6) is 0 Å². The third kappa shape index (κ3) is 5.01. The molecule has 1 aromatic heterocycles. The summed E-state index contributed by atoms with van der Waals surface area (Å²) in [5.74, 6) is 0. The second-order valence-corrected chi connectivity index (χ2v) is 14.1. The van der Waals surface area contributed by atoms with Gasteiger partial charge in [0, 0.05) is 37.2 Å². The van der Waals surface area contributed by atoms with Gasteiger partial charge in [-0.1, -0.05) is 133 Å². The topological polar surface area (TPSA) is 3.24 Å².